The molecular weight excluding hydrogens is 402 g/mol. The topological polar surface area (TPSA) is 63.5 Å². The van der Waals surface area contributed by atoms with Gasteiger partial charge >= 0.3 is 0 Å². The Bertz CT molecular complexity index is 1010. The lowest BCUT2D eigenvalue weighted by Crippen LogP contribution is -2.36. The quantitative estimate of drug-likeness (QED) is 0.627. The van der Waals surface area contributed by atoms with Crippen LogP contribution in [0.4, 0.5) is 5.69 Å². The molecule has 1 aliphatic rings. The van der Waals surface area contributed by atoms with Crippen LogP contribution in [-0.4, -0.2) is 58.9 Å². The molecule has 1 amide bonds. The number of amides is 1. The summed E-state index contributed by atoms with van der Waals surface area (Å²) in [5.41, 5.74) is 3.04. The Balaban J connectivity index is 1.43. The zero-order valence-corrected chi connectivity index (χ0v) is 17.8. The van der Waals surface area contributed by atoms with E-state index in [0.29, 0.717) is 17.4 Å². The summed E-state index contributed by atoms with van der Waals surface area (Å²) in [4.78, 5) is 21.1. The van der Waals surface area contributed by atoms with Crippen LogP contribution in [0.2, 0.25) is 5.02 Å². The number of benzene rings is 2. The molecule has 1 fully saturated rings. The van der Waals surface area contributed by atoms with Crippen molar-refractivity contribution in [1.29, 1.82) is 0 Å². The first-order valence-corrected chi connectivity index (χ1v) is 10.3. The van der Waals surface area contributed by atoms with Crippen LogP contribution >= 0.6 is 11.6 Å². The van der Waals surface area contributed by atoms with Gasteiger partial charge < -0.3 is 14.5 Å². The fraction of sp³-hybridized carbons (Fsp3) is 0.318. The third kappa shape index (κ3) is 4.47. The maximum absolute atomic E-state index is 12.9. The first-order valence-electron chi connectivity index (χ1n) is 9.88. The lowest BCUT2D eigenvalue weighted by atomic mass is 10.1. The zero-order valence-electron chi connectivity index (χ0n) is 17.1. The highest BCUT2D eigenvalue weighted by Gasteiger charge is 2.19. The molecule has 2 heterocycles. The van der Waals surface area contributed by atoms with Crippen molar-refractivity contribution >= 4 is 23.2 Å². The van der Waals surface area contributed by atoms with Crippen LogP contribution in [-0.2, 0) is 11.3 Å². The average molecular weight is 426 g/mol. The zero-order chi connectivity index (χ0) is 21.1. The van der Waals surface area contributed by atoms with Crippen molar-refractivity contribution in [3.63, 3.8) is 0 Å². The second kappa shape index (κ2) is 8.85. The second-order valence-electron chi connectivity index (χ2n) is 7.30. The fourth-order valence-electron chi connectivity index (χ4n) is 3.46. The summed E-state index contributed by atoms with van der Waals surface area (Å²) >= 11 is 5.95. The number of anilines is 1. The summed E-state index contributed by atoms with van der Waals surface area (Å²) in [5, 5.41) is 5.05. The first-order chi connectivity index (χ1) is 14.5. The summed E-state index contributed by atoms with van der Waals surface area (Å²) < 4.78 is 7.05. The third-order valence-corrected chi connectivity index (χ3v) is 5.36. The van der Waals surface area contributed by atoms with E-state index in [0.717, 1.165) is 37.6 Å². The summed E-state index contributed by atoms with van der Waals surface area (Å²) in [6, 6.07) is 15.6. The van der Waals surface area contributed by atoms with Crippen molar-refractivity contribution in [1.82, 2.24) is 19.7 Å². The SMILES string of the molecule is Cc1nc(C(=O)N(C)Cc2ccc(N3CCOCC3)cc2)nn1-c1ccc(Cl)cc1. The predicted molar refractivity (Wildman–Crippen MR) is 116 cm³/mol. The van der Waals surface area contributed by atoms with Gasteiger partial charge in [0.1, 0.15) is 5.82 Å². The van der Waals surface area contributed by atoms with Crippen LogP contribution in [0.25, 0.3) is 5.69 Å². The molecule has 0 aliphatic carbocycles. The Kier molecular flexibility index (Phi) is 6.01. The molecule has 8 heteroatoms. The Morgan fingerprint density at radius 3 is 2.37 bits per heavy atom. The van der Waals surface area contributed by atoms with Crippen LogP contribution in [0.3, 0.4) is 0 Å². The molecule has 0 saturated carbocycles. The minimum atomic E-state index is -0.219. The average Bonchev–Trinajstić information content (AvgIpc) is 3.16. The minimum absolute atomic E-state index is 0.176. The number of carbonyl (C=O) groups is 1. The Labute approximate surface area is 180 Å². The van der Waals surface area contributed by atoms with Gasteiger partial charge in [0, 0.05) is 37.4 Å². The van der Waals surface area contributed by atoms with E-state index in [4.69, 9.17) is 16.3 Å². The van der Waals surface area contributed by atoms with E-state index in [1.54, 1.807) is 28.8 Å². The molecule has 0 radical (unpaired) electrons. The van der Waals surface area contributed by atoms with Crippen LogP contribution in [0.15, 0.2) is 48.5 Å². The number of ether oxygens (including phenoxy) is 1. The van der Waals surface area contributed by atoms with Crippen molar-refractivity contribution in [2.24, 2.45) is 0 Å². The van der Waals surface area contributed by atoms with Crippen molar-refractivity contribution in [2.75, 3.05) is 38.3 Å². The molecule has 0 unspecified atom stereocenters. The molecule has 0 atom stereocenters. The normalized spacial score (nSPS) is 14.0. The Morgan fingerprint density at radius 2 is 1.70 bits per heavy atom. The summed E-state index contributed by atoms with van der Waals surface area (Å²) in [7, 11) is 1.76. The van der Waals surface area contributed by atoms with Gasteiger partial charge in [0.2, 0.25) is 5.82 Å². The van der Waals surface area contributed by atoms with E-state index >= 15 is 0 Å². The van der Waals surface area contributed by atoms with Crippen LogP contribution < -0.4 is 4.90 Å². The molecule has 0 N–H and O–H groups in total. The standard InChI is InChI=1S/C22H24ClN5O2/c1-16-24-21(25-28(16)20-9-5-18(23)6-10-20)22(29)26(2)15-17-3-7-19(8-4-17)27-11-13-30-14-12-27/h3-10H,11-15H2,1-2H3. The molecule has 0 bridgehead atoms. The Morgan fingerprint density at radius 1 is 1.07 bits per heavy atom. The first kappa shape index (κ1) is 20.4. The number of nitrogens with zero attached hydrogens (tertiary/aromatic N) is 5. The van der Waals surface area contributed by atoms with E-state index in [1.165, 1.54) is 5.69 Å². The van der Waals surface area contributed by atoms with Gasteiger partial charge in [0.25, 0.3) is 5.91 Å². The van der Waals surface area contributed by atoms with E-state index in [2.05, 4.69) is 39.2 Å². The monoisotopic (exact) mass is 425 g/mol. The van der Waals surface area contributed by atoms with Crippen LogP contribution in [0.1, 0.15) is 22.0 Å². The lowest BCUT2D eigenvalue weighted by Gasteiger charge is -2.29. The number of aromatic nitrogens is 3. The highest BCUT2D eigenvalue weighted by molar-refractivity contribution is 6.30. The molecule has 4 rings (SSSR count). The molecule has 1 aromatic heterocycles. The molecule has 7 nitrogen and oxygen atoms in total. The molecule has 1 saturated heterocycles. The molecule has 2 aromatic carbocycles. The number of halogens is 1. The fourth-order valence-corrected chi connectivity index (χ4v) is 3.58. The van der Waals surface area contributed by atoms with Crippen LogP contribution in [0.5, 0.6) is 0 Å². The number of morpholine rings is 1. The molecule has 0 spiro atoms. The van der Waals surface area contributed by atoms with E-state index < -0.39 is 0 Å². The van der Waals surface area contributed by atoms with Crippen molar-refractivity contribution in [2.45, 2.75) is 13.5 Å². The van der Waals surface area contributed by atoms with Gasteiger partial charge in [-0.05, 0) is 48.9 Å². The number of hydrogen-bond donors (Lipinski definition) is 0. The minimum Gasteiger partial charge on any atom is -0.378 e. The smallest absolute Gasteiger partial charge is 0.293 e. The number of rotatable bonds is 5. The summed E-state index contributed by atoms with van der Waals surface area (Å²) in [6.45, 7) is 5.62. The number of hydrogen-bond acceptors (Lipinski definition) is 5. The summed E-state index contributed by atoms with van der Waals surface area (Å²) in [6.07, 6.45) is 0. The molecule has 156 valence electrons. The number of carbonyl (C=O) groups excluding carboxylic acids is 1. The van der Waals surface area contributed by atoms with Crippen molar-refractivity contribution in [3.05, 3.63) is 70.8 Å². The van der Waals surface area contributed by atoms with Gasteiger partial charge in [0.05, 0.1) is 18.9 Å². The lowest BCUT2D eigenvalue weighted by molar-refractivity contribution is 0.0773. The number of aryl methyl sites for hydroxylation is 1. The largest absolute Gasteiger partial charge is 0.378 e. The predicted octanol–water partition coefficient (Wildman–Crippen LogP) is 3.34. The van der Waals surface area contributed by atoms with Crippen molar-refractivity contribution < 1.29 is 9.53 Å². The summed E-state index contributed by atoms with van der Waals surface area (Å²) in [5.74, 6) is 0.599. The maximum Gasteiger partial charge on any atom is 0.293 e. The van der Waals surface area contributed by atoms with E-state index in [-0.39, 0.29) is 11.7 Å². The van der Waals surface area contributed by atoms with Gasteiger partial charge in [-0.15, -0.1) is 5.10 Å². The highest BCUT2D eigenvalue weighted by Crippen LogP contribution is 2.18. The molecule has 30 heavy (non-hydrogen) atoms. The van der Waals surface area contributed by atoms with E-state index in [9.17, 15) is 4.79 Å². The molecule has 1 aliphatic heterocycles. The van der Waals surface area contributed by atoms with Crippen molar-refractivity contribution in [3.8, 4) is 5.69 Å². The van der Waals surface area contributed by atoms with E-state index in [1.807, 2.05) is 19.1 Å². The van der Waals surface area contributed by atoms with Gasteiger partial charge in [-0.1, -0.05) is 23.7 Å². The second-order valence-corrected chi connectivity index (χ2v) is 7.73. The highest BCUT2D eigenvalue weighted by atomic mass is 35.5. The van der Waals surface area contributed by atoms with Gasteiger partial charge in [-0.25, -0.2) is 9.67 Å². The molecular formula is C22H24ClN5O2. The molecule has 3 aromatic rings. The maximum atomic E-state index is 12.9. The Hall–Kier alpha value is -2.90. The van der Waals surface area contributed by atoms with Gasteiger partial charge in [0.15, 0.2) is 0 Å². The van der Waals surface area contributed by atoms with Gasteiger partial charge in [-0.3, -0.25) is 4.79 Å². The van der Waals surface area contributed by atoms with Gasteiger partial charge in [-0.2, -0.15) is 0 Å². The third-order valence-electron chi connectivity index (χ3n) is 5.11. The van der Waals surface area contributed by atoms with Crippen LogP contribution in [0, 0.1) is 6.92 Å².